The van der Waals surface area contributed by atoms with Crippen LogP contribution >= 0.6 is 11.3 Å². The highest BCUT2D eigenvalue weighted by Crippen LogP contribution is 2.44. The molecule has 10 rings (SSSR count). The minimum atomic E-state index is 1.11. The number of benzene rings is 8. The molecule has 0 aliphatic rings. The summed E-state index contributed by atoms with van der Waals surface area (Å²) in [4.78, 5) is 2.42. The fourth-order valence-corrected chi connectivity index (χ4v) is 8.71. The molecule has 0 aliphatic heterocycles. The first-order valence-corrected chi connectivity index (χ1v) is 17.5. The van der Waals surface area contributed by atoms with Gasteiger partial charge in [-0.15, -0.1) is 11.3 Å². The number of fused-ring (bicyclic) bond motifs is 8. The Morgan fingerprint density at radius 3 is 1.92 bits per heavy atom. The highest BCUT2D eigenvalue weighted by molar-refractivity contribution is 7.26. The molecule has 10 aromatic rings. The second-order valence-electron chi connectivity index (χ2n) is 12.6. The number of hydrogen-bond donors (Lipinski definition) is 0. The summed E-state index contributed by atoms with van der Waals surface area (Å²) < 4.78 is 5.04. The van der Waals surface area contributed by atoms with E-state index in [9.17, 15) is 0 Å². The molecule has 2 heterocycles. The molecule has 0 spiro atoms. The van der Waals surface area contributed by atoms with E-state index in [-0.39, 0.29) is 0 Å². The maximum Gasteiger partial charge on any atom is 0.0561 e. The average Bonchev–Trinajstić information content (AvgIpc) is 3.71. The molecule has 0 aliphatic carbocycles. The molecule has 0 bridgehead atoms. The second-order valence-corrected chi connectivity index (χ2v) is 13.6. The predicted molar refractivity (Wildman–Crippen MR) is 211 cm³/mol. The van der Waals surface area contributed by atoms with Gasteiger partial charge in [-0.1, -0.05) is 121 Å². The van der Waals surface area contributed by atoms with Crippen LogP contribution in [0.1, 0.15) is 0 Å². The zero-order valence-electron chi connectivity index (χ0n) is 26.6. The Kier molecular flexibility index (Phi) is 6.39. The number of para-hydroxylation sites is 2. The van der Waals surface area contributed by atoms with Gasteiger partial charge in [-0.2, -0.15) is 0 Å². The number of rotatable bonds is 5. The van der Waals surface area contributed by atoms with Crippen LogP contribution in [-0.4, -0.2) is 4.57 Å². The van der Waals surface area contributed by atoms with Gasteiger partial charge in [0.1, 0.15) is 0 Å². The lowest BCUT2D eigenvalue weighted by Gasteiger charge is -2.26. The molecule has 8 aromatic carbocycles. The van der Waals surface area contributed by atoms with Gasteiger partial charge in [-0.05, 0) is 82.6 Å². The molecule has 0 amide bonds. The first kappa shape index (κ1) is 27.9. The van der Waals surface area contributed by atoms with Crippen LogP contribution in [0.2, 0.25) is 0 Å². The molecular weight excluding hydrogens is 613 g/mol. The van der Waals surface area contributed by atoms with Gasteiger partial charge >= 0.3 is 0 Å². The summed E-state index contributed by atoms with van der Waals surface area (Å²) in [5.74, 6) is 0. The number of nitrogens with zero attached hydrogens (tertiary/aromatic N) is 2. The molecule has 0 unspecified atom stereocenters. The molecule has 230 valence electrons. The van der Waals surface area contributed by atoms with E-state index < -0.39 is 0 Å². The predicted octanol–water partition coefficient (Wildman–Crippen LogP) is 13.4. The lowest BCUT2D eigenvalue weighted by atomic mass is 10.0. The Bertz CT molecular complexity index is 2830. The van der Waals surface area contributed by atoms with E-state index in [1.807, 2.05) is 11.3 Å². The molecule has 2 nitrogen and oxygen atoms in total. The first-order valence-electron chi connectivity index (χ1n) is 16.7. The third kappa shape index (κ3) is 4.55. The summed E-state index contributed by atoms with van der Waals surface area (Å²) in [6.07, 6.45) is 0. The summed E-state index contributed by atoms with van der Waals surface area (Å²) in [5.41, 5.74) is 9.30. The summed E-state index contributed by atoms with van der Waals surface area (Å²) in [7, 11) is 0. The number of anilines is 3. The number of hydrogen-bond acceptors (Lipinski definition) is 2. The minimum absolute atomic E-state index is 1.11. The Hall–Kier alpha value is -6.16. The molecule has 0 fully saturated rings. The van der Waals surface area contributed by atoms with Crippen molar-refractivity contribution in [1.82, 2.24) is 4.57 Å². The molecule has 0 atom stereocenters. The largest absolute Gasteiger partial charge is 0.310 e. The lowest BCUT2D eigenvalue weighted by Crippen LogP contribution is -2.10. The van der Waals surface area contributed by atoms with Crippen LogP contribution in [0.3, 0.4) is 0 Å². The van der Waals surface area contributed by atoms with Gasteiger partial charge in [0.15, 0.2) is 0 Å². The maximum absolute atomic E-state index is 2.42. The van der Waals surface area contributed by atoms with Gasteiger partial charge in [-0.3, -0.25) is 0 Å². The zero-order chi connectivity index (χ0) is 32.3. The van der Waals surface area contributed by atoms with E-state index in [0.717, 1.165) is 22.7 Å². The van der Waals surface area contributed by atoms with E-state index >= 15 is 0 Å². The van der Waals surface area contributed by atoms with E-state index in [1.165, 1.54) is 63.9 Å². The molecule has 0 saturated carbocycles. The van der Waals surface area contributed by atoms with Crippen molar-refractivity contribution in [3.8, 4) is 16.8 Å². The topological polar surface area (TPSA) is 8.17 Å². The van der Waals surface area contributed by atoms with Gasteiger partial charge in [0.2, 0.25) is 0 Å². The fourth-order valence-electron chi connectivity index (χ4n) is 7.49. The highest BCUT2D eigenvalue weighted by Gasteiger charge is 2.19. The molecule has 0 N–H and O–H groups in total. The van der Waals surface area contributed by atoms with Gasteiger partial charge in [0.05, 0.1) is 11.0 Å². The van der Waals surface area contributed by atoms with Crippen molar-refractivity contribution in [2.75, 3.05) is 4.90 Å². The molecule has 49 heavy (non-hydrogen) atoms. The SMILES string of the molecule is c1ccc(-c2cccc(N(c3ccc4sc5c6ccccc6ccc5c4c3)c3ccc4c5ccccc5n(-c5ccccc5)c4c3)c2)cc1. The lowest BCUT2D eigenvalue weighted by molar-refractivity contribution is 1.18. The quantitative estimate of drug-likeness (QED) is 0.181. The molecule has 2 aromatic heterocycles. The van der Waals surface area contributed by atoms with Crippen molar-refractivity contribution in [3.05, 3.63) is 182 Å². The molecular formula is C46H30N2S. The third-order valence-electron chi connectivity index (χ3n) is 9.74. The van der Waals surface area contributed by atoms with Gasteiger partial charge in [0.25, 0.3) is 0 Å². The zero-order valence-corrected chi connectivity index (χ0v) is 27.4. The summed E-state index contributed by atoms with van der Waals surface area (Å²) in [6, 6.07) is 66.2. The van der Waals surface area contributed by atoms with Crippen LogP contribution in [0, 0.1) is 0 Å². The van der Waals surface area contributed by atoms with Crippen LogP contribution < -0.4 is 4.90 Å². The van der Waals surface area contributed by atoms with Gasteiger partial charge in [0, 0.05) is 53.7 Å². The van der Waals surface area contributed by atoms with Crippen molar-refractivity contribution in [3.63, 3.8) is 0 Å². The highest BCUT2D eigenvalue weighted by atomic mass is 32.1. The fraction of sp³-hybridized carbons (Fsp3) is 0. The van der Waals surface area contributed by atoms with Crippen molar-refractivity contribution in [2.24, 2.45) is 0 Å². The average molecular weight is 643 g/mol. The standard InChI is InChI=1S/C46H30N2S/c1-3-12-31(13-4-1)33-15-11-18-35(28-33)47(36-24-27-45-42(29-36)41-25-22-32-14-7-8-19-38(32)46(41)49-45)37-23-26-40-39-20-9-10-21-43(39)48(44(40)30-37)34-16-5-2-6-17-34/h1-30H. The molecule has 0 saturated heterocycles. The van der Waals surface area contributed by atoms with E-state index in [1.54, 1.807) is 0 Å². The first-order chi connectivity index (χ1) is 24.3. The van der Waals surface area contributed by atoms with Crippen molar-refractivity contribution in [1.29, 1.82) is 0 Å². The van der Waals surface area contributed by atoms with Crippen LogP contribution in [0.15, 0.2) is 182 Å². The monoisotopic (exact) mass is 642 g/mol. The van der Waals surface area contributed by atoms with E-state index in [2.05, 4.69) is 191 Å². The van der Waals surface area contributed by atoms with E-state index in [4.69, 9.17) is 0 Å². The summed E-state index contributed by atoms with van der Waals surface area (Å²) >= 11 is 1.88. The van der Waals surface area contributed by atoms with Crippen LogP contribution in [-0.2, 0) is 0 Å². The van der Waals surface area contributed by atoms with Crippen LogP contribution in [0.4, 0.5) is 17.1 Å². The molecule has 3 heteroatoms. The normalized spacial score (nSPS) is 11.7. The third-order valence-corrected chi connectivity index (χ3v) is 11.0. The summed E-state index contributed by atoms with van der Waals surface area (Å²) in [5, 5.41) is 7.68. The summed E-state index contributed by atoms with van der Waals surface area (Å²) in [6.45, 7) is 0. The van der Waals surface area contributed by atoms with E-state index in [0.29, 0.717) is 0 Å². The van der Waals surface area contributed by atoms with Crippen molar-refractivity contribution < 1.29 is 0 Å². The Balaban J connectivity index is 1.23. The number of aromatic nitrogens is 1. The van der Waals surface area contributed by atoms with Crippen molar-refractivity contribution in [2.45, 2.75) is 0 Å². The second kappa shape index (κ2) is 11.2. The van der Waals surface area contributed by atoms with Crippen LogP contribution in [0.5, 0.6) is 0 Å². The van der Waals surface area contributed by atoms with Crippen molar-refractivity contribution >= 4 is 81.1 Å². The van der Waals surface area contributed by atoms with Gasteiger partial charge < -0.3 is 9.47 Å². The maximum atomic E-state index is 2.42. The Morgan fingerprint density at radius 1 is 0.388 bits per heavy atom. The Labute approximate surface area is 288 Å². The van der Waals surface area contributed by atoms with Gasteiger partial charge in [-0.25, -0.2) is 0 Å². The minimum Gasteiger partial charge on any atom is -0.310 e. The van der Waals surface area contributed by atoms with Crippen LogP contribution in [0.25, 0.3) is 69.6 Å². The Morgan fingerprint density at radius 2 is 1.04 bits per heavy atom. The number of thiophene rings is 1. The smallest absolute Gasteiger partial charge is 0.0561 e. The molecule has 0 radical (unpaired) electrons.